The molecule has 2 aromatic rings. The van der Waals surface area contributed by atoms with Gasteiger partial charge in [0.05, 0.1) is 7.11 Å². The summed E-state index contributed by atoms with van der Waals surface area (Å²) in [6.07, 6.45) is 0.506. The average molecular weight is 469 g/mol. The molecule has 0 radical (unpaired) electrons. The van der Waals surface area contributed by atoms with Crippen molar-refractivity contribution in [1.82, 2.24) is 10.2 Å². The van der Waals surface area contributed by atoms with Gasteiger partial charge in [-0.1, -0.05) is 65.8 Å². The number of hydrogen-bond donors (Lipinski definition) is 1. The van der Waals surface area contributed by atoms with E-state index in [1.807, 2.05) is 69.3 Å². The Morgan fingerprint density at radius 2 is 1.56 bits per heavy atom. The van der Waals surface area contributed by atoms with Gasteiger partial charge in [-0.2, -0.15) is 0 Å². The third-order valence-electron chi connectivity index (χ3n) is 5.67. The molecule has 0 saturated heterocycles. The normalized spacial score (nSPS) is 12.2. The van der Waals surface area contributed by atoms with Crippen LogP contribution in [0.5, 0.6) is 11.5 Å². The molecule has 0 aliphatic carbocycles. The lowest BCUT2D eigenvalue weighted by Crippen LogP contribution is -2.50. The lowest BCUT2D eigenvalue weighted by molar-refractivity contribution is -0.143. The molecule has 0 bridgehead atoms. The first-order valence-corrected chi connectivity index (χ1v) is 12.0. The van der Waals surface area contributed by atoms with Crippen molar-refractivity contribution in [1.29, 1.82) is 0 Å². The smallest absolute Gasteiger partial charge is 0.261 e. The number of nitrogens with zero attached hydrogens (tertiary/aromatic N) is 1. The van der Waals surface area contributed by atoms with Crippen LogP contribution in [0.4, 0.5) is 0 Å². The highest BCUT2D eigenvalue weighted by atomic mass is 16.5. The summed E-state index contributed by atoms with van der Waals surface area (Å²) in [6.45, 7) is 13.2. The predicted octanol–water partition coefficient (Wildman–Crippen LogP) is 4.95. The number of ether oxygens (including phenoxy) is 2. The van der Waals surface area contributed by atoms with Gasteiger partial charge in [-0.25, -0.2) is 0 Å². The number of carbonyl (C=O) groups is 2. The van der Waals surface area contributed by atoms with E-state index < -0.39 is 6.04 Å². The molecule has 2 aromatic carbocycles. The van der Waals surface area contributed by atoms with Crippen molar-refractivity contribution in [3.05, 3.63) is 59.7 Å². The van der Waals surface area contributed by atoms with E-state index in [4.69, 9.17) is 9.47 Å². The number of benzene rings is 2. The summed E-state index contributed by atoms with van der Waals surface area (Å²) in [5, 5.41) is 2.97. The van der Waals surface area contributed by atoms with Gasteiger partial charge < -0.3 is 19.7 Å². The first kappa shape index (κ1) is 27.2. The van der Waals surface area contributed by atoms with E-state index in [-0.39, 0.29) is 23.8 Å². The highest BCUT2D eigenvalue weighted by molar-refractivity contribution is 5.88. The number of hydrogen-bond acceptors (Lipinski definition) is 4. The highest BCUT2D eigenvalue weighted by Gasteiger charge is 2.29. The fourth-order valence-corrected chi connectivity index (χ4v) is 3.55. The molecule has 1 N–H and O–H groups in total. The number of nitrogens with one attached hydrogen (secondary N) is 1. The molecule has 0 aromatic heterocycles. The Bertz CT molecular complexity index is 915. The van der Waals surface area contributed by atoms with Gasteiger partial charge in [0.25, 0.3) is 5.91 Å². The number of carbonyl (C=O) groups excluding carboxylic acids is 2. The Hall–Kier alpha value is -3.02. The van der Waals surface area contributed by atoms with Crippen LogP contribution in [0.25, 0.3) is 0 Å². The fraction of sp³-hybridized carbons (Fsp3) is 0.500. The van der Waals surface area contributed by atoms with Gasteiger partial charge in [0.15, 0.2) is 6.61 Å². The molecule has 34 heavy (non-hydrogen) atoms. The van der Waals surface area contributed by atoms with E-state index in [1.165, 1.54) is 5.56 Å². The maximum Gasteiger partial charge on any atom is 0.261 e. The minimum atomic E-state index is -0.583. The van der Waals surface area contributed by atoms with Crippen LogP contribution in [-0.4, -0.2) is 43.0 Å². The van der Waals surface area contributed by atoms with Crippen LogP contribution in [0.2, 0.25) is 0 Å². The fourth-order valence-electron chi connectivity index (χ4n) is 3.55. The maximum absolute atomic E-state index is 13.3. The Labute approximate surface area is 204 Å². The Balaban J connectivity index is 2.18. The standard InChI is InChI=1S/C28H40N2O4/c1-8-25(27(32)29-17-20(2)3)30(18-21-9-13-23(33-7)14-10-21)26(31)19-34-24-15-11-22(12-16-24)28(4,5)6/h9-16,20,25H,8,17-19H2,1-7H3,(H,29,32)/t25-/m0/s1. The summed E-state index contributed by atoms with van der Waals surface area (Å²) in [5.74, 6) is 1.31. The van der Waals surface area contributed by atoms with Crippen LogP contribution in [-0.2, 0) is 21.5 Å². The van der Waals surface area contributed by atoms with Gasteiger partial charge in [-0.05, 0) is 53.1 Å². The van der Waals surface area contributed by atoms with E-state index in [1.54, 1.807) is 12.0 Å². The van der Waals surface area contributed by atoms with Crippen molar-refractivity contribution in [2.75, 3.05) is 20.3 Å². The molecule has 0 heterocycles. The zero-order valence-corrected chi connectivity index (χ0v) is 21.7. The summed E-state index contributed by atoms with van der Waals surface area (Å²) in [4.78, 5) is 27.9. The van der Waals surface area contributed by atoms with Crippen LogP contribution in [0.15, 0.2) is 48.5 Å². The minimum Gasteiger partial charge on any atom is -0.497 e. The second-order valence-corrected chi connectivity index (χ2v) is 10.00. The van der Waals surface area contributed by atoms with Crippen LogP contribution >= 0.6 is 0 Å². The van der Waals surface area contributed by atoms with Crippen molar-refractivity contribution in [2.24, 2.45) is 5.92 Å². The number of rotatable bonds is 11. The third kappa shape index (κ3) is 8.08. The predicted molar refractivity (Wildman–Crippen MR) is 136 cm³/mol. The van der Waals surface area contributed by atoms with Gasteiger partial charge in [0, 0.05) is 13.1 Å². The van der Waals surface area contributed by atoms with Gasteiger partial charge in [0.2, 0.25) is 5.91 Å². The lowest BCUT2D eigenvalue weighted by atomic mass is 9.87. The maximum atomic E-state index is 13.3. The zero-order valence-electron chi connectivity index (χ0n) is 21.7. The van der Waals surface area contributed by atoms with Gasteiger partial charge in [-0.15, -0.1) is 0 Å². The molecule has 0 saturated carbocycles. The lowest BCUT2D eigenvalue weighted by Gasteiger charge is -2.31. The summed E-state index contributed by atoms with van der Waals surface area (Å²) < 4.78 is 11.1. The van der Waals surface area contributed by atoms with E-state index in [0.717, 1.165) is 11.3 Å². The summed E-state index contributed by atoms with van der Waals surface area (Å²) >= 11 is 0. The van der Waals surface area contributed by atoms with Crippen molar-refractivity contribution >= 4 is 11.8 Å². The van der Waals surface area contributed by atoms with Crippen LogP contribution in [0, 0.1) is 5.92 Å². The Morgan fingerprint density at radius 1 is 0.971 bits per heavy atom. The van der Waals surface area contributed by atoms with Crippen LogP contribution in [0.3, 0.4) is 0 Å². The van der Waals surface area contributed by atoms with E-state index >= 15 is 0 Å². The second kappa shape index (κ2) is 12.4. The summed E-state index contributed by atoms with van der Waals surface area (Å²) in [7, 11) is 1.61. The molecule has 0 spiro atoms. The topological polar surface area (TPSA) is 67.9 Å². The van der Waals surface area contributed by atoms with Crippen molar-refractivity contribution in [3.63, 3.8) is 0 Å². The van der Waals surface area contributed by atoms with E-state index in [0.29, 0.717) is 31.2 Å². The van der Waals surface area contributed by atoms with Gasteiger partial charge in [-0.3, -0.25) is 9.59 Å². The molecular formula is C28H40N2O4. The molecule has 0 fully saturated rings. The van der Waals surface area contributed by atoms with E-state index in [2.05, 4.69) is 26.1 Å². The first-order chi connectivity index (χ1) is 16.0. The SMILES string of the molecule is CC[C@@H](C(=O)NCC(C)C)N(Cc1ccc(OC)cc1)C(=O)COc1ccc(C(C)(C)C)cc1. The summed E-state index contributed by atoms with van der Waals surface area (Å²) in [5.41, 5.74) is 2.15. The molecule has 2 rings (SSSR count). The molecule has 0 aliphatic rings. The molecule has 0 unspecified atom stereocenters. The number of methoxy groups -OCH3 is 1. The van der Waals surface area contributed by atoms with Crippen LogP contribution in [0.1, 0.15) is 59.1 Å². The molecule has 186 valence electrons. The van der Waals surface area contributed by atoms with Crippen molar-refractivity contribution in [2.45, 2.75) is 66.0 Å². The molecule has 1 atom stereocenters. The van der Waals surface area contributed by atoms with Gasteiger partial charge in [0.1, 0.15) is 17.5 Å². The quantitative estimate of drug-likeness (QED) is 0.507. The second-order valence-electron chi connectivity index (χ2n) is 10.00. The molecular weight excluding hydrogens is 428 g/mol. The first-order valence-electron chi connectivity index (χ1n) is 12.0. The summed E-state index contributed by atoms with van der Waals surface area (Å²) in [6, 6.07) is 14.7. The highest BCUT2D eigenvalue weighted by Crippen LogP contribution is 2.24. The minimum absolute atomic E-state index is 0.0429. The monoisotopic (exact) mass is 468 g/mol. The molecule has 6 nitrogen and oxygen atoms in total. The largest absolute Gasteiger partial charge is 0.497 e. The zero-order chi connectivity index (χ0) is 25.3. The molecule has 0 aliphatic heterocycles. The third-order valence-corrected chi connectivity index (χ3v) is 5.67. The molecule has 6 heteroatoms. The number of amides is 2. The Kier molecular flexibility index (Phi) is 9.97. The van der Waals surface area contributed by atoms with Crippen molar-refractivity contribution < 1.29 is 19.1 Å². The average Bonchev–Trinajstić information content (AvgIpc) is 2.81. The van der Waals surface area contributed by atoms with Gasteiger partial charge >= 0.3 is 0 Å². The van der Waals surface area contributed by atoms with Crippen molar-refractivity contribution in [3.8, 4) is 11.5 Å². The molecule has 2 amide bonds. The van der Waals surface area contributed by atoms with Crippen LogP contribution < -0.4 is 14.8 Å². The Morgan fingerprint density at radius 3 is 2.06 bits per heavy atom. The van der Waals surface area contributed by atoms with E-state index in [9.17, 15) is 9.59 Å².